The third kappa shape index (κ3) is 3.33. The van der Waals surface area contributed by atoms with Gasteiger partial charge in [-0.25, -0.2) is 4.39 Å². The van der Waals surface area contributed by atoms with Gasteiger partial charge in [0.1, 0.15) is 11.5 Å². The van der Waals surface area contributed by atoms with E-state index in [0.29, 0.717) is 17.4 Å². The minimum absolute atomic E-state index is 0.153. The Bertz CT molecular complexity index is 652. The standard InChI is InChI=1S/C16H19FN4O/c1-10-8-13(6-7-18-10)19-16(22)15-9-14(20-21-15)11-2-4-12(17)5-3-11/h2-5,9-10,13,18H,6-8H2,1H3,(H,19,22)(H,20,21). The summed E-state index contributed by atoms with van der Waals surface area (Å²) in [5.41, 5.74) is 1.82. The number of nitrogens with one attached hydrogen (secondary N) is 3. The molecule has 0 spiro atoms. The molecule has 0 radical (unpaired) electrons. The molecule has 0 saturated carbocycles. The molecule has 0 bridgehead atoms. The van der Waals surface area contributed by atoms with Crippen LogP contribution in [0.2, 0.25) is 0 Å². The van der Waals surface area contributed by atoms with E-state index < -0.39 is 0 Å². The maximum absolute atomic E-state index is 12.9. The molecule has 1 aliphatic rings. The van der Waals surface area contributed by atoms with Crippen LogP contribution in [0.3, 0.4) is 0 Å². The van der Waals surface area contributed by atoms with Crippen LogP contribution < -0.4 is 10.6 Å². The third-order valence-electron chi connectivity index (χ3n) is 3.92. The number of benzene rings is 1. The van der Waals surface area contributed by atoms with E-state index in [0.717, 1.165) is 24.9 Å². The van der Waals surface area contributed by atoms with Crippen LogP contribution in [0.25, 0.3) is 11.3 Å². The Labute approximate surface area is 128 Å². The third-order valence-corrected chi connectivity index (χ3v) is 3.92. The second-order valence-corrected chi connectivity index (χ2v) is 5.72. The van der Waals surface area contributed by atoms with Gasteiger partial charge in [-0.3, -0.25) is 9.89 Å². The highest BCUT2D eigenvalue weighted by atomic mass is 19.1. The number of piperidine rings is 1. The minimum atomic E-state index is -0.294. The zero-order chi connectivity index (χ0) is 15.5. The number of aromatic nitrogens is 2. The summed E-state index contributed by atoms with van der Waals surface area (Å²) in [7, 11) is 0. The Kier molecular flexibility index (Phi) is 4.20. The highest BCUT2D eigenvalue weighted by Crippen LogP contribution is 2.18. The molecule has 5 nitrogen and oxygen atoms in total. The van der Waals surface area contributed by atoms with E-state index in [-0.39, 0.29) is 17.8 Å². The summed E-state index contributed by atoms with van der Waals surface area (Å²) in [5.74, 6) is -0.447. The fourth-order valence-electron chi connectivity index (χ4n) is 2.73. The molecular formula is C16H19FN4O. The molecule has 0 aliphatic carbocycles. The Morgan fingerprint density at radius 3 is 2.86 bits per heavy atom. The highest BCUT2D eigenvalue weighted by molar-refractivity contribution is 5.93. The quantitative estimate of drug-likeness (QED) is 0.813. The largest absolute Gasteiger partial charge is 0.348 e. The van der Waals surface area contributed by atoms with Gasteiger partial charge in [-0.1, -0.05) is 0 Å². The molecule has 1 saturated heterocycles. The molecule has 1 fully saturated rings. The van der Waals surface area contributed by atoms with Crippen molar-refractivity contribution in [1.82, 2.24) is 20.8 Å². The van der Waals surface area contributed by atoms with E-state index >= 15 is 0 Å². The van der Waals surface area contributed by atoms with Gasteiger partial charge in [0.2, 0.25) is 0 Å². The SMILES string of the molecule is CC1CC(NC(=O)c2cc(-c3ccc(F)cc3)n[nH]2)CCN1. The van der Waals surface area contributed by atoms with Gasteiger partial charge in [0.05, 0.1) is 5.69 Å². The van der Waals surface area contributed by atoms with Crippen molar-refractivity contribution in [1.29, 1.82) is 0 Å². The number of aromatic amines is 1. The first-order valence-corrected chi connectivity index (χ1v) is 7.47. The summed E-state index contributed by atoms with van der Waals surface area (Å²) in [5, 5.41) is 13.3. The van der Waals surface area contributed by atoms with Gasteiger partial charge in [0.15, 0.2) is 0 Å². The molecule has 1 amide bonds. The van der Waals surface area contributed by atoms with Crippen molar-refractivity contribution in [3.8, 4) is 11.3 Å². The second-order valence-electron chi connectivity index (χ2n) is 5.72. The van der Waals surface area contributed by atoms with Crippen molar-refractivity contribution in [3.63, 3.8) is 0 Å². The smallest absolute Gasteiger partial charge is 0.269 e. The maximum Gasteiger partial charge on any atom is 0.269 e. The van der Waals surface area contributed by atoms with Crippen molar-refractivity contribution in [2.75, 3.05) is 6.54 Å². The lowest BCUT2D eigenvalue weighted by molar-refractivity contribution is 0.0920. The molecule has 2 unspecified atom stereocenters. The second kappa shape index (κ2) is 6.27. The predicted molar refractivity (Wildman–Crippen MR) is 81.9 cm³/mol. The van der Waals surface area contributed by atoms with Crippen molar-refractivity contribution >= 4 is 5.91 Å². The molecule has 1 aromatic carbocycles. The van der Waals surface area contributed by atoms with Crippen molar-refractivity contribution in [2.45, 2.75) is 31.8 Å². The molecule has 22 heavy (non-hydrogen) atoms. The number of halogens is 1. The van der Waals surface area contributed by atoms with Crippen LogP contribution in [0.1, 0.15) is 30.3 Å². The van der Waals surface area contributed by atoms with Gasteiger partial charge in [-0.2, -0.15) is 5.10 Å². The fraction of sp³-hybridized carbons (Fsp3) is 0.375. The number of carbonyl (C=O) groups excluding carboxylic acids is 1. The summed E-state index contributed by atoms with van der Waals surface area (Å²) in [4.78, 5) is 12.3. The summed E-state index contributed by atoms with van der Waals surface area (Å²) in [6.07, 6.45) is 1.85. The first kappa shape index (κ1) is 14.7. The zero-order valence-electron chi connectivity index (χ0n) is 12.4. The van der Waals surface area contributed by atoms with Crippen LogP contribution in [-0.2, 0) is 0 Å². The Morgan fingerprint density at radius 1 is 1.36 bits per heavy atom. The maximum atomic E-state index is 12.9. The van der Waals surface area contributed by atoms with Gasteiger partial charge >= 0.3 is 0 Å². The number of nitrogens with zero attached hydrogens (tertiary/aromatic N) is 1. The normalized spacial score (nSPS) is 21.5. The lowest BCUT2D eigenvalue weighted by Crippen LogP contribution is -2.46. The molecular weight excluding hydrogens is 283 g/mol. The molecule has 3 N–H and O–H groups in total. The average Bonchev–Trinajstić information content (AvgIpc) is 2.98. The topological polar surface area (TPSA) is 69.8 Å². The fourth-order valence-corrected chi connectivity index (χ4v) is 2.73. The summed E-state index contributed by atoms with van der Waals surface area (Å²) >= 11 is 0. The van der Waals surface area contributed by atoms with E-state index in [4.69, 9.17) is 0 Å². The molecule has 6 heteroatoms. The number of hydrogen-bond acceptors (Lipinski definition) is 3. The molecule has 116 valence electrons. The van der Waals surface area contributed by atoms with E-state index in [2.05, 4.69) is 27.8 Å². The molecule has 2 heterocycles. The lowest BCUT2D eigenvalue weighted by Gasteiger charge is -2.28. The zero-order valence-corrected chi connectivity index (χ0v) is 12.4. The predicted octanol–water partition coefficient (Wildman–Crippen LogP) is 2.09. The summed E-state index contributed by atoms with van der Waals surface area (Å²) in [6, 6.07) is 8.31. The van der Waals surface area contributed by atoms with Crippen molar-refractivity contribution in [2.24, 2.45) is 0 Å². The van der Waals surface area contributed by atoms with Crippen LogP contribution in [-0.4, -0.2) is 34.7 Å². The highest BCUT2D eigenvalue weighted by Gasteiger charge is 2.21. The number of carbonyl (C=O) groups is 1. The van der Waals surface area contributed by atoms with Gasteiger partial charge in [0, 0.05) is 17.6 Å². The van der Waals surface area contributed by atoms with E-state index in [1.165, 1.54) is 12.1 Å². The van der Waals surface area contributed by atoms with Crippen LogP contribution in [0.4, 0.5) is 4.39 Å². The van der Waals surface area contributed by atoms with Gasteiger partial charge in [-0.05, 0) is 56.6 Å². The van der Waals surface area contributed by atoms with Crippen LogP contribution in [0.15, 0.2) is 30.3 Å². The number of amides is 1. The number of H-pyrrole nitrogens is 1. The van der Waals surface area contributed by atoms with Crippen molar-refractivity contribution in [3.05, 3.63) is 41.8 Å². The molecule has 2 aromatic rings. The van der Waals surface area contributed by atoms with Crippen LogP contribution >= 0.6 is 0 Å². The van der Waals surface area contributed by atoms with E-state index in [1.54, 1.807) is 18.2 Å². The van der Waals surface area contributed by atoms with Crippen LogP contribution in [0, 0.1) is 5.82 Å². The molecule has 1 aliphatic heterocycles. The monoisotopic (exact) mass is 302 g/mol. The van der Waals surface area contributed by atoms with E-state index in [9.17, 15) is 9.18 Å². The Balaban J connectivity index is 1.67. The lowest BCUT2D eigenvalue weighted by atomic mass is 10.0. The van der Waals surface area contributed by atoms with E-state index in [1.807, 2.05) is 0 Å². The summed E-state index contributed by atoms with van der Waals surface area (Å²) < 4.78 is 12.9. The molecule has 1 aromatic heterocycles. The van der Waals surface area contributed by atoms with Crippen molar-refractivity contribution < 1.29 is 9.18 Å². The Morgan fingerprint density at radius 2 is 2.14 bits per heavy atom. The minimum Gasteiger partial charge on any atom is -0.348 e. The number of rotatable bonds is 3. The molecule has 2 atom stereocenters. The first-order valence-electron chi connectivity index (χ1n) is 7.47. The average molecular weight is 302 g/mol. The number of hydrogen-bond donors (Lipinski definition) is 3. The molecule has 3 rings (SSSR count). The van der Waals surface area contributed by atoms with Crippen LogP contribution in [0.5, 0.6) is 0 Å². The summed E-state index contributed by atoms with van der Waals surface area (Å²) in [6.45, 7) is 3.02. The first-order chi connectivity index (χ1) is 10.6. The van der Waals surface area contributed by atoms with Gasteiger partial charge in [0.25, 0.3) is 5.91 Å². The Hall–Kier alpha value is -2.21. The van der Waals surface area contributed by atoms with Gasteiger partial charge in [-0.15, -0.1) is 0 Å². The van der Waals surface area contributed by atoms with Gasteiger partial charge < -0.3 is 10.6 Å².